The predicted molar refractivity (Wildman–Crippen MR) is 59.3 cm³/mol. The monoisotopic (exact) mass is 240 g/mol. The Hall–Kier alpha value is -0.900. The van der Waals surface area contributed by atoms with Crippen LogP contribution in [0, 0.1) is 5.21 Å². The zero-order valence-corrected chi connectivity index (χ0v) is 10.1. The van der Waals surface area contributed by atoms with Crippen LogP contribution in [0.3, 0.4) is 0 Å². The summed E-state index contributed by atoms with van der Waals surface area (Å²) in [5, 5.41) is 12.1. The van der Waals surface area contributed by atoms with Gasteiger partial charge < -0.3 is 22.3 Å². The number of hydrogen-bond acceptors (Lipinski definition) is 1. The molecule has 1 fully saturated rings. The Kier molecular flexibility index (Phi) is 4.47. The molecule has 2 heterocycles. The third-order valence-corrected chi connectivity index (χ3v) is 2.95. The fourth-order valence-corrected chi connectivity index (χ4v) is 2.05. The zero-order valence-electron chi connectivity index (χ0n) is 9.31. The quantitative estimate of drug-likeness (QED) is 0.366. The van der Waals surface area contributed by atoms with Gasteiger partial charge in [0.2, 0.25) is 0 Å². The minimum atomic E-state index is -0.0713. The summed E-state index contributed by atoms with van der Waals surface area (Å²) in [6, 6.07) is 3.96. The van der Waals surface area contributed by atoms with Gasteiger partial charge in [0.15, 0.2) is 12.4 Å². The third kappa shape index (κ3) is 3.04. The summed E-state index contributed by atoms with van der Waals surface area (Å²) in [5.74, 6) is 0. The molecule has 2 rings (SSSR count). The van der Waals surface area contributed by atoms with Crippen LogP contribution in [-0.2, 0) is 6.67 Å². The molecule has 16 heavy (non-hydrogen) atoms. The lowest BCUT2D eigenvalue weighted by Gasteiger charge is -2.34. The minimum Gasteiger partial charge on any atom is -1.00 e. The first-order valence-electron chi connectivity index (χ1n) is 5.40. The Balaban J connectivity index is 0.00000128. The van der Waals surface area contributed by atoms with E-state index in [0.29, 0.717) is 6.67 Å². The molecule has 4 heteroatoms. The molecular formula is C12H17ClN2O. The summed E-state index contributed by atoms with van der Waals surface area (Å²) in [7, 11) is 0. The van der Waals surface area contributed by atoms with E-state index in [1.165, 1.54) is 0 Å². The van der Waals surface area contributed by atoms with Crippen LogP contribution in [0.25, 0.3) is 6.08 Å². The molecule has 0 atom stereocenters. The second-order valence-electron chi connectivity index (χ2n) is 4.20. The maximum absolute atomic E-state index is 12.1. The molecule has 1 aromatic heterocycles. The van der Waals surface area contributed by atoms with Crippen molar-refractivity contribution in [1.82, 2.24) is 0 Å². The fraction of sp³-hybridized carbons (Fsp3) is 0.417. The summed E-state index contributed by atoms with van der Waals surface area (Å²) in [6.45, 7) is 5.76. The molecule has 0 saturated carbocycles. The summed E-state index contributed by atoms with van der Waals surface area (Å²) in [6.07, 6.45) is 7.84. The second kappa shape index (κ2) is 5.43. The molecule has 0 amide bonds. The number of halogens is 1. The van der Waals surface area contributed by atoms with Crippen molar-refractivity contribution in [2.45, 2.75) is 19.5 Å². The average molecular weight is 241 g/mol. The Bertz CT molecular complexity index is 345. The molecule has 0 bridgehead atoms. The predicted octanol–water partition coefficient (Wildman–Crippen LogP) is -1.31. The Labute approximate surface area is 103 Å². The van der Waals surface area contributed by atoms with Gasteiger partial charge in [0, 0.05) is 25.0 Å². The highest BCUT2D eigenvalue weighted by molar-refractivity contribution is 5.44. The minimum absolute atomic E-state index is 0. The van der Waals surface area contributed by atoms with Gasteiger partial charge in [-0.05, 0) is 5.56 Å². The van der Waals surface area contributed by atoms with Crippen LogP contribution in [0.1, 0.15) is 18.4 Å². The van der Waals surface area contributed by atoms with Gasteiger partial charge in [-0.1, -0.05) is 12.7 Å². The van der Waals surface area contributed by atoms with E-state index in [0.717, 1.165) is 31.5 Å². The molecule has 1 aliphatic heterocycles. The zero-order chi connectivity index (χ0) is 10.7. The van der Waals surface area contributed by atoms with Gasteiger partial charge in [0.1, 0.15) is 0 Å². The van der Waals surface area contributed by atoms with Gasteiger partial charge in [0.25, 0.3) is 6.67 Å². The lowest BCUT2D eigenvalue weighted by atomic mass is 10.3. The van der Waals surface area contributed by atoms with Crippen molar-refractivity contribution in [1.29, 1.82) is 0 Å². The number of hydroxylamine groups is 3. The van der Waals surface area contributed by atoms with E-state index < -0.39 is 0 Å². The van der Waals surface area contributed by atoms with Crippen molar-refractivity contribution in [3.63, 3.8) is 0 Å². The van der Waals surface area contributed by atoms with Gasteiger partial charge in [0.05, 0.1) is 13.1 Å². The van der Waals surface area contributed by atoms with Crippen LogP contribution in [0.4, 0.5) is 0 Å². The van der Waals surface area contributed by atoms with Crippen molar-refractivity contribution in [3.05, 3.63) is 41.9 Å². The maximum atomic E-state index is 12.1. The van der Waals surface area contributed by atoms with Crippen LogP contribution >= 0.6 is 0 Å². The summed E-state index contributed by atoms with van der Waals surface area (Å²) < 4.78 is 1.89. The van der Waals surface area contributed by atoms with Crippen LogP contribution in [-0.4, -0.2) is 17.7 Å². The normalized spacial score (nSPS) is 17.8. The van der Waals surface area contributed by atoms with Crippen molar-refractivity contribution < 1.29 is 21.6 Å². The van der Waals surface area contributed by atoms with E-state index in [9.17, 15) is 5.21 Å². The van der Waals surface area contributed by atoms with Crippen molar-refractivity contribution in [2.75, 3.05) is 13.1 Å². The van der Waals surface area contributed by atoms with Crippen LogP contribution in [0.5, 0.6) is 0 Å². The van der Waals surface area contributed by atoms with E-state index in [1.807, 2.05) is 35.2 Å². The smallest absolute Gasteiger partial charge is 0.275 e. The fourth-order valence-electron chi connectivity index (χ4n) is 2.05. The van der Waals surface area contributed by atoms with Crippen molar-refractivity contribution in [3.8, 4) is 0 Å². The number of hydrogen-bond donors (Lipinski definition) is 0. The van der Waals surface area contributed by atoms with Crippen molar-refractivity contribution >= 4 is 6.08 Å². The molecule has 0 N–H and O–H groups in total. The molecule has 0 aliphatic carbocycles. The molecule has 0 radical (unpaired) electrons. The van der Waals surface area contributed by atoms with Crippen molar-refractivity contribution in [2.24, 2.45) is 0 Å². The first kappa shape index (κ1) is 13.2. The van der Waals surface area contributed by atoms with Gasteiger partial charge in [-0.25, -0.2) is 0 Å². The first-order chi connectivity index (χ1) is 7.22. The largest absolute Gasteiger partial charge is 1.00 e. The Morgan fingerprint density at radius 1 is 1.31 bits per heavy atom. The molecule has 1 saturated heterocycles. The molecule has 1 aliphatic rings. The number of pyridine rings is 1. The van der Waals surface area contributed by atoms with E-state index in [-0.39, 0.29) is 17.1 Å². The SMILES string of the molecule is C=Cc1cc[n+](C[N+]2([O-])CCCC2)cc1.[Cl-]. The number of nitrogens with zero attached hydrogens (tertiary/aromatic N) is 2. The van der Waals surface area contributed by atoms with Crippen LogP contribution in [0.2, 0.25) is 0 Å². The highest BCUT2D eigenvalue weighted by atomic mass is 35.5. The lowest BCUT2D eigenvalue weighted by Crippen LogP contribution is -3.00. The van der Waals surface area contributed by atoms with Gasteiger partial charge >= 0.3 is 0 Å². The van der Waals surface area contributed by atoms with E-state index in [1.54, 1.807) is 0 Å². The number of quaternary nitrogens is 1. The second-order valence-corrected chi connectivity index (χ2v) is 4.20. The first-order valence-corrected chi connectivity index (χ1v) is 5.40. The summed E-state index contributed by atoms with van der Waals surface area (Å²) >= 11 is 0. The molecule has 1 aromatic rings. The highest BCUT2D eigenvalue weighted by Gasteiger charge is 2.26. The topological polar surface area (TPSA) is 26.9 Å². The lowest BCUT2D eigenvalue weighted by molar-refractivity contribution is -1.01. The average Bonchev–Trinajstić information content (AvgIpc) is 2.66. The molecule has 0 unspecified atom stereocenters. The van der Waals surface area contributed by atoms with Gasteiger partial charge in [-0.2, -0.15) is 4.57 Å². The molecular weight excluding hydrogens is 224 g/mol. The molecule has 0 spiro atoms. The number of likely N-dealkylation sites (tertiary alicyclic amines) is 1. The van der Waals surface area contributed by atoms with Crippen LogP contribution < -0.4 is 17.0 Å². The molecule has 3 nitrogen and oxygen atoms in total. The summed E-state index contributed by atoms with van der Waals surface area (Å²) in [4.78, 5) is 0. The van der Waals surface area contributed by atoms with E-state index in [2.05, 4.69) is 6.58 Å². The molecule has 88 valence electrons. The number of aromatic nitrogens is 1. The summed E-state index contributed by atoms with van der Waals surface area (Å²) in [5.41, 5.74) is 1.09. The van der Waals surface area contributed by atoms with E-state index >= 15 is 0 Å². The number of rotatable bonds is 3. The molecule has 0 aromatic carbocycles. The maximum Gasteiger partial charge on any atom is 0.275 e. The standard InChI is InChI=1S/C12H17N2O.ClH/c1-2-12-5-7-13(8-6-12)11-14(15)9-3-4-10-14;/h2,5-8H,1,3-4,9-11H2;1H/q+1;/p-1. The Morgan fingerprint density at radius 3 is 2.38 bits per heavy atom. The Morgan fingerprint density at radius 2 is 1.88 bits per heavy atom. The van der Waals surface area contributed by atoms with Gasteiger partial charge in [-0.3, -0.25) is 0 Å². The van der Waals surface area contributed by atoms with Gasteiger partial charge in [-0.15, -0.1) is 0 Å². The highest BCUT2D eigenvalue weighted by Crippen LogP contribution is 2.16. The van der Waals surface area contributed by atoms with Crippen LogP contribution in [0.15, 0.2) is 31.1 Å². The third-order valence-electron chi connectivity index (χ3n) is 2.95. The van der Waals surface area contributed by atoms with E-state index in [4.69, 9.17) is 0 Å².